The smallest absolute Gasteiger partial charge is 0.240 e. The van der Waals surface area contributed by atoms with Crippen molar-refractivity contribution < 1.29 is 13.9 Å². The van der Waals surface area contributed by atoms with E-state index in [0.29, 0.717) is 32.5 Å². The molecule has 0 spiro atoms. The van der Waals surface area contributed by atoms with E-state index in [1.807, 2.05) is 22.6 Å². The largest absolute Gasteiger partial charge is 0.383 e. The van der Waals surface area contributed by atoms with Gasteiger partial charge in [-0.05, 0) is 40.9 Å². The highest BCUT2D eigenvalue weighted by atomic mass is 127. The van der Waals surface area contributed by atoms with Crippen molar-refractivity contribution in [1.82, 2.24) is 14.9 Å². The molecular weight excluding hydrogens is 396 g/mol. The maximum Gasteiger partial charge on any atom is 0.240 e. The lowest BCUT2D eigenvalue weighted by Crippen LogP contribution is -2.30. The van der Waals surface area contributed by atoms with Crippen molar-refractivity contribution in [3.05, 3.63) is 26.3 Å². The number of H-pyrrole nitrogens is 1. The zero-order valence-corrected chi connectivity index (χ0v) is 13.7. The lowest BCUT2D eigenvalue weighted by Gasteiger charge is -2.06. The summed E-state index contributed by atoms with van der Waals surface area (Å²) in [6.07, 6.45) is 0. The third-order valence-corrected chi connectivity index (χ3v) is 3.90. The molecule has 5 nitrogen and oxygen atoms in total. The van der Waals surface area contributed by atoms with Gasteiger partial charge in [-0.25, -0.2) is 4.39 Å². The minimum atomic E-state index is -0.333. The van der Waals surface area contributed by atoms with Crippen molar-refractivity contribution in [2.24, 2.45) is 0 Å². The second-order valence-corrected chi connectivity index (χ2v) is 5.69. The molecule has 8 heteroatoms. The Kier molecular flexibility index (Phi) is 5.11. The summed E-state index contributed by atoms with van der Waals surface area (Å²) in [5, 5.41) is 2.70. The lowest BCUT2D eigenvalue weighted by molar-refractivity contribution is -0.121. The van der Waals surface area contributed by atoms with Gasteiger partial charge in [0.05, 0.1) is 21.2 Å². The fraction of sp³-hybridized carbons (Fsp3) is 0.333. The van der Waals surface area contributed by atoms with E-state index in [1.54, 1.807) is 17.7 Å². The molecule has 1 aromatic heterocycles. The Hall–Kier alpha value is -1.00. The summed E-state index contributed by atoms with van der Waals surface area (Å²) in [6, 6.07) is 3.05. The molecule has 0 radical (unpaired) electrons. The molecule has 0 atom stereocenters. The summed E-state index contributed by atoms with van der Waals surface area (Å²) in [5.74, 6) is -0.529. The van der Waals surface area contributed by atoms with E-state index >= 15 is 0 Å². The molecule has 1 aromatic carbocycles. The van der Waals surface area contributed by atoms with Crippen LogP contribution in [0.4, 0.5) is 4.39 Å². The number of carbonyl (C=O) groups excluding carboxylic acids is 1. The zero-order valence-electron chi connectivity index (χ0n) is 10.7. The Morgan fingerprint density at radius 2 is 2.35 bits per heavy atom. The number of imidazole rings is 1. The number of fused-ring (bicyclic) bond motifs is 1. The second kappa shape index (κ2) is 6.64. The Morgan fingerprint density at radius 3 is 3.05 bits per heavy atom. The summed E-state index contributed by atoms with van der Waals surface area (Å²) in [5.41, 5.74) is 1.29. The number of hydrogen-bond acceptors (Lipinski definition) is 3. The molecule has 0 fully saturated rings. The number of amides is 1. The van der Waals surface area contributed by atoms with Crippen LogP contribution in [0.25, 0.3) is 11.0 Å². The number of benzene rings is 1. The van der Waals surface area contributed by atoms with E-state index in [2.05, 4.69) is 10.3 Å². The van der Waals surface area contributed by atoms with Gasteiger partial charge in [0.25, 0.3) is 0 Å². The molecule has 1 amide bonds. The number of aromatic nitrogens is 2. The van der Waals surface area contributed by atoms with Crippen molar-refractivity contribution >= 4 is 51.7 Å². The highest BCUT2D eigenvalue weighted by Crippen LogP contribution is 2.20. The van der Waals surface area contributed by atoms with E-state index in [0.717, 1.165) is 0 Å². The van der Waals surface area contributed by atoms with E-state index in [4.69, 9.17) is 17.0 Å². The molecule has 0 saturated carbocycles. The van der Waals surface area contributed by atoms with Crippen LogP contribution in [0.15, 0.2) is 12.1 Å². The molecule has 2 N–H and O–H groups in total. The van der Waals surface area contributed by atoms with Crippen LogP contribution in [0.2, 0.25) is 0 Å². The molecule has 0 aliphatic rings. The molecule has 2 rings (SSSR count). The van der Waals surface area contributed by atoms with Crippen molar-refractivity contribution in [1.29, 1.82) is 0 Å². The van der Waals surface area contributed by atoms with E-state index < -0.39 is 0 Å². The van der Waals surface area contributed by atoms with E-state index in [9.17, 15) is 9.18 Å². The van der Waals surface area contributed by atoms with Gasteiger partial charge in [-0.2, -0.15) is 0 Å². The van der Waals surface area contributed by atoms with Gasteiger partial charge in [0, 0.05) is 19.7 Å². The standard InChI is InChI=1S/C12H13FIN3O2S/c1-19-3-2-15-11(18)6-17-10-4-7(13)8(14)5-9(10)16-12(17)20/h4-5H,2-3,6H2,1H3,(H,15,18)(H,16,20). The van der Waals surface area contributed by atoms with Gasteiger partial charge in [0.1, 0.15) is 12.4 Å². The van der Waals surface area contributed by atoms with Gasteiger partial charge in [0.15, 0.2) is 4.77 Å². The van der Waals surface area contributed by atoms with Crippen molar-refractivity contribution in [3.63, 3.8) is 0 Å². The normalized spacial score (nSPS) is 10.9. The average molecular weight is 409 g/mol. The topological polar surface area (TPSA) is 59.0 Å². The van der Waals surface area contributed by atoms with Crippen molar-refractivity contribution in [3.8, 4) is 0 Å². The van der Waals surface area contributed by atoms with E-state index in [1.165, 1.54) is 6.07 Å². The number of hydrogen-bond donors (Lipinski definition) is 2. The Morgan fingerprint density at radius 1 is 1.60 bits per heavy atom. The molecule has 2 aromatic rings. The van der Waals surface area contributed by atoms with Crippen LogP contribution in [-0.4, -0.2) is 35.7 Å². The van der Waals surface area contributed by atoms with Crippen LogP contribution >= 0.6 is 34.8 Å². The number of nitrogens with one attached hydrogen (secondary N) is 2. The lowest BCUT2D eigenvalue weighted by atomic mass is 10.3. The minimum absolute atomic E-state index is 0.0442. The highest BCUT2D eigenvalue weighted by Gasteiger charge is 2.11. The molecule has 0 unspecified atom stereocenters. The predicted octanol–water partition coefficient (Wildman–Crippen LogP) is 2.21. The quantitative estimate of drug-likeness (QED) is 0.453. The molecule has 0 saturated heterocycles. The predicted molar refractivity (Wildman–Crippen MR) is 84.7 cm³/mol. The number of ether oxygens (including phenoxy) is 1. The molecule has 108 valence electrons. The number of rotatable bonds is 5. The highest BCUT2D eigenvalue weighted by molar-refractivity contribution is 14.1. The summed E-state index contributed by atoms with van der Waals surface area (Å²) in [7, 11) is 1.56. The minimum Gasteiger partial charge on any atom is -0.383 e. The summed E-state index contributed by atoms with van der Waals surface area (Å²) in [4.78, 5) is 14.8. The van der Waals surface area contributed by atoms with Gasteiger partial charge in [0.2, 0.25) is 5.91 Å². The fourth-order valence-electron chi connectivity index (χ4n) is 1.80. The third-order valence-electron chi connectivity index (χ3n) is 2.75. The summed E-state index contributed by atoms with van der Waals surface area (Å²) in [6.45, 7) is 0.914. The summed E-state index contributed by atoms with van der Waals surface area (Å²) < 4.78 is 21.0. The zero-order chi connectivity index (χ0) is 14.7. The monoisotopic (exact) mass is 409 g/mol. The molecule has 0 aliphatic carbocycles. The third kappa shape index (κ3) is 3.36. The Labute approximate surface area is 133 Å². The molecule has 1 heterocycles. The average Bonchev–Trinajstić information content (AvgIpc) is 2.67. The first kappa shape index (κ1) is 15.4. The van der Waals surface area contributed by atoms with Gasteiger partial charge < -0.3 is 19.6 Å². The number of carbonyl (C=O) groups is 1. The first-order chi connectivity index (χ1) is 9.52. The van der Waals surface area contributed by atoms with Crippen LogP contribution in [-0.2, 0) is 16.1 Å². The number of halogens is 2. The first-order valence-electron chi connectivity index (χ1n) is 5.86. The van der Waals surface area contributed by atoms with E-state index in [-0.39, 0.29) is 18.3 Å². The molecular formula is C12H13FIN3O2S. The van der Waals surface area contributed by atoms with Crippen LogP contribution in [0.1, 0.15) is 0 Å². The Balaban J connectivity index is 2.25. The Bertz CT molecular complexity index is 698. The summed E-state index contributed by atoms with van der Waals surface area (Å²) >= 11 is 7.08. The molecule has 20 heavy (non-hydrogen) atoms. The van der Waals surface area contributed by atoms with Gasteiger partial charge >= 0.3 is 0 Å². The molecule has 0 bridgehead atoms. The number of aromatic amines is 1. The van der Waals surface area contributed by atoms with Crippen LogP contribution in [0, 0.1) is 14.2 Å². The van der Waals surface area contributed by atoms with Gasteiger partial charge in [-0.3, -0.25) is 4.79 Å². The maximum absolute atomic E-state index is 13.6. The molecule has 0 aliphatic heterocycles. The fourth-order valence-corrected chi connectivity index (χ4v) is 2.54. The van der Waals surface area contributed by atoms with Crippen molar-refractivity contribution in [2.45, 2.75) is 6.54 Å². The number of methoxy groups -OCH3 is 1. The van der Waals surface area contributed by atoms with Gasteiger partial charge in [-0.1, -0.05) is 0 Å². The van der Waals surface area contributed by atoms with Gasteiger partial charge in [-0.15, -0.1) is 0 Å². The first-order valence-corrected chi connectivity index (χ1v) is 7.35. The van der Waals surface area contributed by atoms with Crippen LogP contribution < -0.4 is 5.32 Å². The second-order valence-electron chi connectivity index (χ2n) is 4.14. The van der Waals surface area contributed by atoms with Crippen molar-refractivity contribution in [2.75, 3.05) is 20.3 Å². The number of nitrogens with zero attached hydrogens (tertiary/aromatic N) is 1. The van der Waals surface area contributed by atoms with Crippen LogP contribution in [0.5, 0.6) is 0 Å². The van der Waals surface area contributed by atoms with Crippen LogP contribution in [0.3, 0.4) is 0 Å². The maximum atomic E-state index is 13.6. The SMILES string of the molecule is COCCNC(=O)Cn1c(=S)[nH]c2cc(I)c(F)cc21.